The van der Waals surface area contributed by atoms with Crippen LogP contribution in [0.15, 0.2) is 39.0 Å². The van der Waals surface area contributed by atoms with Crippen LogP contribution in [0.1, 0.15) is 15.2 Å². The fourth-order valence-electron chi connectivity index (χ4n) is 1.52. The first kappa shape index (κ1) is 15.5. The molecule has 2 N–H and O–H groups in total. The number of aromatic carboxylic acids is 1. The third-order valence-electron chi connectivity index (χ3n) is 2.44. The zero-order chi connectivity index (χ0) is 15.6. The lowest BCUT2D eigenvalue weighted by Gasteiger charge is -2.11. The quantitative estimate of drug-likeness (QED) is 0.839. The van der Waals surface area contributed by atoms with E-state index in [2.05, 4.69) is 20.7 Å². The molecule has 1 aromatic carbocycles. The van der Waals surface area contributed by atoms with Gasteiger partial charge in [0.05, 0.1) is 11.3 Å². The molecule has 108 valence electrons. The summed E-state index contributed by atoms with van der Waals surface area (Å²) in [6.07, 6.45) is 0. The standard InChI is InChI=1S/C12H7BrN2O4S2/c13-9-3-1-2-8(12(16)17)11(9)15-21(18,19)10-5-4-7(6-14)20-10/h1-5,15H,(H,16,17). The molecule has 9 heteroatoms. The second-order valence-corrected chi connectivity index (χ2v) is 7.65. The van der Waals surface area contributed by atoms with Crippen molar-refractivity contribution in [3.63, 3.8) is 0 Å². The number of halogens is 1. The first-order valence-corrected chi connectivity index (χ1v) is 8.49. The molecule has 0 spiro atoms. The summed E-state index contributed by atoms with van der Waals surface area (Å²) >= 11 is 3.93. The SMILES string of the molecule is N#Cc1ccc(S(=O)(=O)Nc2c(Br)cccc2C(=O)O)s1. The van der Waals surface area contributed by atoms with Gasteiger partial charge in [-0.2, -0.15) is 5.26 Å². The first-order chi connectivity index (χ1) is 9.85. The van der Waals surface area contributed by atoms with Crippen LogP contribution in [0.2, 0.25) is 0 Å². The van der Waals surface area contributed by atoms with E-state index in [1.807, 2.05) is 6.07 Å². The van der Waals surface area contributed by atoms with E-state index in [0.717, 1.165) is 11.3 Å². The summed E-state index contributed by atoms with van der Waals surface area (Å²) in [6.45, 7) is 0. The van der Waals surface area contributed by atoms with E-state index in [1.54, 1.807) is 0 Å². The Morgan fingerprint density at radius 1 is 1.33 bits per heavy atom. The first-order valence-electron chi connectivity index (χ1n) is 5.39. The van der Waals surface area contributed by atoms with Crippen LogP contribution in [0.5, 0.6) is 0 Å². The number of nitrogens with zero attached hydrogens (tertiary/aromatic N) is 1. The van der Waals surface area contributed by atoms with Crippen LogP contribution < -0.4 is 4.72 Å². The molecule has 1 heterocycles. The van der Waals surface area contributed by atoms with Gasteiger partial charge < -0.3 is 5.11 Å². The molecular weight excluding hydrogens is 380 g/mol. The molecule has 1 aromatic heterocycles. The number of thiophene rings is 1. The summed E-state index contributed by atoms with van der Waals surface area (Å²) in [7, 11) is -3.96. The Hall–Kier alpha value is -1.89. The Bertz CT molecular complexity index is 852. The highest BCUT2D eigenvalue weighted by molar-refractivity contribution is 9.10. The molecule has 0 fully saturated rings. The highest BCUT2D eigenvalue weighted by Crippen LogP contribution is 2.30. The van der Waals surface area contributed by atoms with Crippen LogP contribution in [-0.2, 0) is 10.0 Å². The number of carbonyl (C=O) groups is 1. The number of sulfonamides is 1. The van der Waals surface area contributed by atoms with Crippen LogP contribution in [-0.4, -0.2) is 19.5 Å². The maximum Gasteiger partial charge on any atom is 0.337 e. The van der Waals surface area contributed by atoms with Crippen molar-refractivity contribution >= 4 is 48.9 Å². The summed E-state index contributed by atoms with van der Waals surface area (Å²) in [6, 6.07) is 8.84. The normalized spacial score (nSPS) is 10.9. The molecule has 2 rings (SSSR count). The van der Waals surface area contributed by atoms with Gasteiger partial charge in [-0.1, -0.05) is 6.07 Å². The van der Waals surface area contributed by atoms with Gasteiger partial charge in [0.2, 0.25) is 0 Å². The Kier molecular flexibility index (Phi) is 4.32. The Morgan fingerprint density at radius 2 is 2.05 bits per heavy atom. The lowest BCUT2D eigenvalue weighted by molar-refractivity contribution is 0.0698. The molecule has 0 aliphatic heterocycles. The summed E-state index contributed by atoms with van der Waals surface area (Å²) in [4.78, 5) is 11.4. The van der Waals surface area contributed by atoms with E-state index in [1.165, 1.54) is 30.3 Å². The summed E-state index contributed by atoms with van der Waals surface area (Å²) < 4.78 is 26.9. The summed E-state index contributed by atoms with van der Waals surface area (Å²) in [5, 5.41) is 17.8. The second-order valence-electron chi connectivity index (χ2n) is 3.80. The Balaban J connectivity index is 2.47. The molecule has 21 heavy (non-hydrogen) atoms. The number of rotatable bonds is 4. The number of para-hydroxylation sites is 1. The average molecular weight is 387 g/mol. The van der Waals surface area contributed by atoms with Crippen molar-refractivity contribution in [2.45, 2.75) is 4.21 Å². The van der Waals surface area contributed by atoms with Crippen molar-refractivity contribution in [2.24, 2.45) is 0 Å². The van der Waals surface area contributed by atoms with Crippen molar-refractivity contribution in [2.75, 3.05) is 4.72 Å². The number of nitriles is 1. The Morgan fingerprint density at radius 3 is 2.62 bits per heavy atom. The van der Waals surface area contributed by atoms with Crippen molar-refractivity contribution in [3.05, 3.63) is 45.2 Å². The predicted octanol–water partition coefficient (Wildman–Crippen LogP) is 2.88. The lowest BCUT2D eigenvalue weighted by atomic mass is 10.2. The van der Waals surface area contributed by atoms with Crippen molar-refractivity contribution in [3.8, 4) is 6.07 Å². The topological polar surface area (TPSA) is 107 Å². The zero-order valence-corrected chi connectivity index (χ0v) is 13.4. The molecule has 6 nitrogen and oxygen atoms in total. The van der Waals surface area contributed by atoms with Crippen molar-refractivity contribution in [1.29, 1.82) is 5.26 Å². The van der Waals surface area contributed by atoms with Crippen LogP contribution in [0.25, 0.3) is 0 Å². The molecule has 2 aromatic rings. The largest absolute Gasteiger partial charge is 0.478 e. The van der Waals surface area contributed by atoms with Crippen LogP contribution >= 0.6 is 27.3 Å². The summed E-state index contributed by atoms with van der Waals surface area (Å²) in [5.74, 6) is -1.25. The van der Waals surface area contributed by atoms with Gasteiger partial charge in [0, 0.05) is 4.47 Å². The van der Waals surface area contributed by atoms with E-state index in [4.69, 9.17) is 10.4 Å². The van der Waals surface area contributed by atoms with Gasteiger partial charge in [-0.15, -0.1) is 11.3 Å². The van der Waals surface area contributed by atoms with Gasteiger partial charge in [0.25, 0.3) is 10.0 Å². The fraction of sp³-hybridized carbons (Fsp3) is 0. The number of hydrogen-bond acceptors (Lipinski definition) is 5. The van der Waals surface area contributed by atoms with E-state index in [-0.39, 0.29) is 20.3 Å². The Labute approximate surface area is 132 Å². The zero-order valence-electron chi connectivity index (χ0n) is 10.2. The number of hydrogen-bond donors (Lipinski definition) is 2. The molecule has 0 bridgehead atoms. The van der Waals surface area contributed by atoms with E-state index < -0.39 is 16.0 Å². The maximum absolute atomic E-state index is 12.2. The van der Waals surface area contributed by atoms with Gasteiger partial charge in [-0.3, -0.25) is 4.72 Å². The number of carboxylic acids is 1. The minimum atomic E-state index is -3.96. The van der Waals surface area contributed by atoms with Gasteiger partial charge >= 0.3 is 5.97 Å². The third kappa shape index (κ3) is 3.24. The number of carboxylic acid groups (broad SMARTS) is 1. The third-order valence-corrected chi connectivity index (χ3v) is 5.93. The minimum absolute atomic E-state index is 0.0584. The van der Waals surface area contributed by atoms with Gasteiger partial charge in [-0.05, 0) is 40.2 Å². The monoisotopic (exact) mass is 386 g/mol. The summed E-state index contributed by atoms with van der Waals surface area (Å²) in [5.41, 5.74) is -0.234. The predicted molar refractivity (Wildman–Crippen MR) is 80.9 cm³/mol. The van der Waals surface area contributed by atoms with Crippen molar-refractivity contribution < 1.29 is 18.3 Å². The number of nitrogens with one attached hydrogen (secondary N) is 1. The smallest absolute Gasteiger partial charge is 0.337 e. The molecule has 0 unspecified atom stereocenters. The molecule has 0 radical (unpaired) electrons. The molecule has 0 saturated carbocycles. The minimum Gasteiger partial charge on any atom is -0.478 e. The van der Waals surface area contributed by atoms with Gasteiger partial charge in [0.15, 0.2) is 0 Å². The molecule has 0 atom stereocenters. The second kappa shape index (κ2) is 5.85. The van der Waals surface area contributed by atoms with E-state index in [0.29, 0.717) is 4.47 Å². The number of anilines is 1. The lowest BCUT2D eigenvalue weighted by Crippen LogP contribution is -2.15. The van der Waals surface area contributed by atoms with Crippen LogP contribution in [0.3, 0.4) is 0 Å². The molecule has 0 amide bonds. The highest BCUT2D eigenvalue weighted by atomic mass is 79.9. The molecule has 0 aliphatic rings. The van der Waals surface area contributed by atoms with Gasteiger partial charge in [-0.25, -0.2) is 13.2 Å². The average Bonchev–Trinajstić information content (AvgIpc) is 2.90. The number of benzene rings is 1. The van der Waals surface area contributed by atoms with Crippen LogP contribution in [0.4, 0.5) is 5.69 Å². The molecule has 0 aliphatic carbocycles. The van der Waals surface area contributed by atoms with Gasteiger partial charge in [0.1, 0.15) is 15.2 Å². The van der Waals surface area contributed by atoms with Crippen molar-refractivity contribution in [1.82, 2.24) is 0 Å². The molecular formula is C12H7BrN2O4S2. The van der Waals surface area contributed by atoms with E-state index >= 15 is 0 Å². The molecule has 0 saturated heterocycles. The fourth-order valence-corrected chi connectivity index (χ4v) is 4.32. The highest BCUT2D eigenvalue weighted by Gasteiger charge is 2.22. The maximum atomic E-state index is 12.2. The van der Waals surface area contributed by atoms with E-state index in [9.17, 15) is 13.2 Å². The van der Waals surface area contributed by atoms with Crippen LogP contribution in [0, 0.1) is 11.3 Å².